The summed E-state index contributed by atoms with van der Waals surface area (Å²) in [7, 11) is -3.79. The second-order valence-electron chi connectivity index (χ2n) is 10.9. The summed E-state index contributed by atoms with van der Waals surface area (Å²) in [6.07, 6.45) is 7.23. The number of nitrogens with zero attached hydrogens (tertiary/aromatic N) is 2. The lowest BCUT2D eigenvalue weighted by atomic mass is 9.92. The minimum atomic E-state index is -3.79. The Morgan fingerprint density at radius 2 is 1.77 bits per heavy atom. The number of hydrogen-bond acceptors (Lipinski definition) is 4. The van der Waals surface area contributed by atoms with Gasteiger partial charge in [-0.05, 0) is 73.1 Å². The maximum absolute atomic E-state index is 13.0. The Bertz CT molecular complexity index is 1420. The summed E-state index contributed by atoms with van der Waals surface area (Å²) in [6.45, 7) is 8.84. The van der Waals surface area contributed by atoms with Gasteiger partial charge in [0.2, 0.25) is 5.91 Å². The van der Waals surface area contributed by atoms with E-state index in [0.29, 0.717) is 29.1 Å². The van der Waals surface area contributed by atoms with Gasteiger partial charge in [0.15, 0.2) is 0 Å². The molecule has 1 amide bonds. The highest BCUT2D eigenvalue weighted by molar-refractivity contribution is 7.92. The van der Waals surface area contributed by atoms with Crippen LogP contribution in [-0.2, 0) is 26.8 Å². The smallest absolute Gasteiger partial charge is 0.261 e. The van der Waals surface area contributed by atoms with Gasteiger partial charge < -0.3 is 9.88 Å². The van der Waals surface area contributed by atoms with Crippen molar-refractivity contribution in [1.29, 1.82) is 0 Å². The summed E-state index contributed by atoms with van der Waals surface area (Å²) >= 11 is 0. The molecule has 2 aliphatic carbocycles. The van der Waals surface area contributed by atoms with E-state index in [1.807, 2.05) is 12.1 Å². The number of carbonyl (C=O) groups is 1. The van der Waals surface area contributed by atoms with Crippen LogP contribution in [0.15, 0.2) is 59.5 Å². The number of rotatable bonds is 6. The molecule has 2 N–H and O–H groups in total. The van der Waals surface area contributed by atoms with Crippen molar-refractivity contribution in [2.75, 3.05) is 10.0 Å². The lowest BCUT2D eigenvalue weighted by Gasteiger charge is -2.25. The van der Waals surface area contributed by atoms with E-state index in [2.05, 4.69) is 47.5 Å². The third kappa shape index (κ3) is 4.72. The van der Waals surface area contributed by atoms with E-state index in [4.69, 9.17) is 4.98 Å². The Kier molecular flexibility index (Phi) is 5.74. The molecule has 0 spiro atoms. The van der Waals surface area contributed by atoms with E-state index in [1.165, 1.54) is 31.9 Å². The fraction of sp³-hybridized carbons (Fsp3) is 0.407. The van der Waals surface area contributed by atoms with Crippen LogP contribution in [0.3, 0.4) is 0 Å². The fourth-order valence-electron chi connectivity index (χ4n) is 5.42. The number of hydrogen-bond donors (Lipinski definition) is 2. The van der Waals surface area contributed by atoms with Gasteiger partial charge in [-0.25, -0.2) is 13.4 Å². The average Bonchev–Trinajstić information content (AvgIpc) is 3.48. The van der Waals surface area contributed by atoms with Crippen molar-refractivity contribution in [2.45, 2.75) is 57.4 Å². The van der Waals surface area contributed by atoms with Crippen LogP contribution in [0.1, 0.15) is 46.4 Å². The van der Waals surface area contributed by atoms with E-state index in [-0.39, 0.29) is 16.2 Å². The summed E-state index contributed by atoms with van der Waals surface area (Å²) in [5.41, 5.74) is 2.70. The zero-order valence-corrected chi connectivity index (χ0v) is 21.4. The minimum Gasteiger partial charge on any atom is -0.327 e. The second kappa shape index (κ2) is 8.52. The van der Waals surface area contributed by atoms with Crippen molar-refractivity contribution in [1.82, 2.24) is 9.55 Å². The van der Waals surface area contributed by atoms with Crippen molar-refractivity contribution >= 4 is 38.3 Å². The van der Waals surface area contributed by atoms with Crippen LogP contribution in [0.2, 0.25) is 0 Å². The minimum absolute atomic E-state index is 0.122. The van der Waals surface area contributed by atoms with Gasteiger partial charge in [-0.15, -0.1) is 0 Å². The molecule has 2 aromatic carbocycles. The zero-order chi connectivity index (χ0) is 25.0. The lowest BCUT2D eigenvalue weighted by molar-refractivity contribution is -0.114. The number of allylic oxidation sites excluding steroid dienone is 2. The molecule has 7 nitrogen and oxygen atoms in total. The third-order valence-electron chi connectivity index (χ3n) is 6.99. The van der Waals surface area contributed by atoms with Crippen molar-refractivity contribution < 1.29 is 13.2 Å². The van der Waals surface area contributed by atoms with E-state index in [0.717, 1.165) is 23.4 Å². The Balaban J connectivity index is 1.43. The Hall–Kier alpha value is -3.13. The van der Waals surface area contributed by atoms with E-state index in [9.17, 15) is 13.2 Å². The van der Waals surface area contributed by atoms with Gasteiger partial charge in [-0.1, -0.05) is 32.9 Å². The maximum atomic E-state index is 13.0. The van der Waals surface area contributed by atoms with Crippen LogP contribution in [0.5, 0.6) is 0 Å². The number of aromatic nitrogens is 2. The van der Waals surface area contributed by atoms with E-state index < -0.39 is 10.0 Å². The Labute approximate surface area is 206 Å². The molecule has 5 rings (SSSR count). The molecule has 1 fully saturated rings. The molecule has 1 saturated carbocycles. The number of benzene rings is 2. The highest BCUT2D eigenvalue weighted by atomic mass is 32.2. The van der Waals surface area contributed by atoms with Crippen molar-refractivity contribution in [3.8, 4) is 0 Å². The first kappa shape index (κ1) is 23.6. The molecule has 3 atom stereocenters. The summed E-state index contributed by atoms with van der Waals surface area (Å²) in [4.78, 5) is 16.3. The number of anilines is 2. The van der Waals surface area contributed by atoms with Gasteiger partial charge in [0, 0.05) is 24.6 Å². The molecule has 2 bridgehead atoms. The SMILES string of the molecule is CC(=O)Nc1ccc(S(=O)(=O)Nc2ccc3c(c2)nc(C(C)(C)C)n3CC2C[C@@H]3C=C[C@@H]2C3)cc1. The third-order valence-corrected chi connectivity index (χ3v) is 8.39. The van der Waals surface area contributed by atoms with Crippen LogP contribution < -0.4 is 10.0 Å². The van der Waals surface area contributed by atoms with Crippen LogP contribution >= 0.6 is 0 Å². The standard InChI is InChI=1S/C27H32N4O3S/c1-17(32)28-21-7-10-23(11-8-21)35(33,34)30-22-9-12-25-24(15-22)29-26(27(2,3)4)31(25)16-20-14-18-5-6-19(20)13-18/h5-12,15,18-20,30H,13-14,16H2,1-4H3,(H,28,32)/t18-,19-,20?/m1/s1. The second-order valence-corrected chi connectivity index (χ2v) is 12.5. The lowest BCUT2D eigenvalue weighted by Crippen LogP contribution is -2.23. The van der Waals surface area contributed by atoms with E-state index >= 15 is 0 Å². The number of nitrogens with one attached hydrogen (secondary N) is 2. The van der Waals surface area contributed by atoms with Crippen molar-refractivity contribution in [3.05, 3.63) is 60.4 Å². The highest BCUT2D eigenvalue weighted by Crippen LogP contribution is 2.45. The monoisotopic (exact) mass is 492 g/mol. The summed E-state index contributed by atoms with van der Waals surface area (Å²) in [6, 6.07) is 11.7. The quantitative estimate of drug-likeness (QED) is 0.456. The topological polar surface area (TPSA) is 93.1 Å². The van der Waals surface area contributed by atoms with Crippen molar-refractivity contribution in [2.24, 2.45) is 17.8 Å². The molecule has 1 unspecified atom stereocenters. The van der Waals surface area contributed by atoms with Gasteiger partial charge in [0.05, 0.1) is 21.6 Å². The molecule has 1 heterocycles. The number of carbonyl (C=O) groups excluding carboxylic acids is 1. The molecule has 184 valence electrons. The zero-order valence-electron chi connectivity index (χ0n) is 20.6. The van der Waals surface area contributed by atoms with Gasteiger partial charge in [0.1, 0.15) is 5.82 Å². The molecule has 3 aromatic rings. The van der Waals surface area contributed by atoms with Gasteiger partial charge in [0.25, 0.3) is 10.0 Å². The first-order valence-electron chi connectivity index (χ1n) is 12.1. The number of fused-ring (bicyclic) bond motifs is 3. The molecule has 0 radical (unpaired) electrons. The maximum Gasteiger partial charge on any atom is 0.261 e. The summed E-state index contributed by atoms with van der Waals surface area (Å²) < 4.78 is 31.0. The summed E-state index contributed by atoms with van der Waals surface area (Å²) in [5.74, 6) is 2.78. The Morgan fingerprint density at radius 1 is 1.06 bits per heavy atom. The molecular formula is C27H32N4O3S. The molecule has 1 aromatic heterocycles. The van der Waals surface area contributed by atoms with E-state index in [1.54, 1.807) is 18.2 Å². The molecule has 8 heteroatoms. The predicted octanol–water partition coefficient (Wildman–Crippen LogP) is 5.31. The van der Waals surface area contributed by atoms with Crippen molar-refractivity contribution in [3.63, 3.8) is 0 Å². The molecule has 0 saturated heterocycles. The van der Waals surface area contributed by atoms with Gasteiger partial charge in [-0.3, -0.25) is 9.52 Å². The number of amides is 1. The number of imidazole rings is 1. The largest absolute Gasteiger partial charge is 0.327 e. The van der Waals surface area contributed by atoms with Gasteiger partial charge in [-0.2, -0.15) is 0 Å². The highest BCUT2D eigenvalue weighted by Gasteiger charge is 2.37. The molecule has 35 heavy (non-hydrogen) atoms. The first-order chi connectivity index (χ1) is 16.5. The van der Waals surface area contributed by atoms with Crippen LogP contribution in [0.4, 0.5) is 11.4 Å². The Morgan fingerprint density at radius 3 is 2.37 bits per heavy atom. The normalized spacial score (nSPS) is 21.5. The van der Waals surface area contributed by atoms with Crippen LogP contribution in [0.25, 0.3) is 11.0 Å². The number of sulfonamides is 1. The first-order valence-corrected chi connectivity index (χ1v) is 13.6. The fourth-order valence-corrected chi connectivity index (χ4v) is 6.47. The molecule has 2 aliphatic rings. The summed E-state index contributed by atoms with van der Waals surface area (Å²) in [5, 5.41) is 2.64. The van der Waals surface area contributed by atoms with Crippen LogP contribution in [-0.4, -0.2) is 23.9 Å². The van der Waals surface area contributed by atoms with Crippen LogP contribution in [0, 0.1) is 17.8 Å². The molecular weight excluding hydrogens is 460 g/mol. The predicted molar refractivity (Wildman–Crippen MR) is 139 cm³/mol. The van der Waals surface area contributed by atoms with Gasteiger partial charge >= 0.3 is 0 Å². The molecule has 0 aliphatic heterocycles. The average molecular weight is 493 g/mol.